The van der Waals surface area contributed by atoms with Crippen LogP contribution in [-0.4, -0.2) is 6.04 Å². The second kappa shape index (κ2) is 7.12. The molecule has 0 heterocycles. The molecule has 0 amide bonds. The van der Waals surface area contributed by atoms with Crippen molar-refractivity contribution < 1.29 is 9.13 Å². The standard InChI is InChI=1S/C16H16Cl2FNO/c1-10(2)20-9-11-4-3-5-14(18)16(11)21-12-6-7-13(17)15(19)8-12/h3-8,10,20H,9H2,1-2H3. The summed E-state index contributed by atoms with van der Waals surface area (Å²) in [6, 6.07) is 10.2. The summed E-state index contributed by atoms with van der Waals surface area (Å²) < 4.78 is 19.2. The summed E-state index contributed by atoms with van der Waals surface area (Å²) >= 11 is 11.9. The quantitative estimate of drug-likeness (QED) is 0.791. The van der Waals surface area contributed by atoms with Crippen LogP contribution in [0.25, 0.3) is 0 Å². The summed E-state index contributed by atoms with van der Waals surface area (Å²) in [5.74, 6) is 0.355. The Bertz CT molecular complexity index is 632. The van der Waals surface area contributed by atoms with Gasteiger partial charge in [0.05, 0.1) is 10.0 Å². The average molecular weight is 328 g/mol. The second-order valence-electron chi connectivity index (χ2n) is 4.94. The summed E-state index contributed by atoms with van der Waals surface area (Å²) in [7, 11) is 0. The topological polar surface area (TPSA) is 21.3 Å². The van der Waals surface area contributed by atoms with Crippen LogP contribution in [0.15, 0.2) is 36.4 Å². The first-order valence-corrected chi connectivity index (χ1v) is 7.36. The Kier molecular flexibility index (Phi) is 5.45. The molecule has 0 aliphatic heterocycles. The van der Waals surface area contributed by atoms with E-state index in [-0.39, 0.29) is 5.02 Å². The smallest absolute Gasteiger partial charge is 0.150 e. The van der Waals surface area contributed by atoms with Crippen molar-refractivity contribution in [3.63, 3.8) is 0 Å². The van der Waals surface area contributed by atoms with Gasteiger partial charge in [0.15, 0.2) is 0 Å². The van der Waals surface area contributed by atoms with Crippen LogP contribution in [0.3, 0.4) is 0 Å². The highest BCUT2D eigenvalue weighted by atomic mass is 35.5. The molecule has 0 aliphatic rings. The molecule has 0 spiro atoms. The van der Waals surface area contributed by atoms with E-state index in [0.717, 1.165) is 5.56 Å². The van der Waals surface area contributed by atoms with Crippen molar-refractivity contribution >= 4 is 23.2 Å². The van der Waals surface area contributed by atoms with E-state index >= 15 is 0 Å². The Hall–Kier alpha value is -1.29. The number of nitrogens with one attached hydrogen (secondary N) is 1. The third kappa shape index (κ3) is 4.34. The predicted molar refractivity (Wildman–Crippen MR) is 84.9 cm³/mol. The first-order valence-electron chi connectivity index (χ1n) is 6.61. The van der Waals surface area contributed by atoms with Crippen LogP contribution in [0.5, 0.6) is 11.5 Å². The third-order valence-electron chi connectivity index (χ3n) is 2.86. The molecule has 2 aromatic carbocycles. The highest BCUT2D eigenvalue weighted by molar-refractivity contribution is 6.32. The van der Waals surface area contributed by atoms with Gasteiger partial charge in [-0.1, -0.05) is 49.2 Å². The lowest BCUT2D eigenvalue weighted by atomic mass is 10.2. The minimum absolute atomic E-state index is 0.0585. The predicted octanol–water partition coefficient (Wildman–Crippen LogP) is 5.42. The third-order valence-corrected chi connectivity index (χ3v) is 3.46. The van der Waals surface area contributed by atoms with Crippen molar-refractivity contribution in [1.29, 1.82) is 0 Å². The second-order valence-corrected chi connectivity index (χ2v) is 5.76. The molecule has 0 aliphatic carbocycles. The zero-order valence-corrected chi connectivity index (χ0v) is 13.3. The van der Waals surface area contributed by atoms with Gasteiger partial charge in [0.25, 0.3) is 0 Å². The fourth-order valence-electron chi connectivity index (χ4n) is 1.78. The van der Waals surface area contributed by atoms with Gasteiger partial charge < -0.3 is 10.1 Å². The molecule has 112 valence electrons. The van der Waals surface area contributed by atoms with E-state index in [1.165, 1.54) is 12.1 Å². The number of halogens is 3. The normalized spacial score (nSPS) is 11.0. The molecule has 0 radical (unpaired) electrons. The number of para-hydroxylation sites is 1. The Morgan fingerprint density at radius 2 is 1.90 bits per heavy atom. The molecule has 0 fully saturated rings. The van der Waals surface area contributed by atoms with E-state index in [1.807, 2.05) is 12.1 Å². The Morgan fingerprint density at radius 3 is 2.57 bits per heavy atom. The van der Waals surface area contributed by atoms with E-state index in [2.05, 4.69) is 19.2 Å². The number of ether oxygens (including phenoxy) is 1. The molecule has 5 heteroatoms. The van der Waals surface area contributed by atoms with Crippen molar-refractivity contribution in [2.45, 2.75) is 26.4 Å². The molecule has 0 saturated heterocycles. The average Bonchev–Trinajstić information content (AvgIpc) is 2.43. The molecule has 21 heavy (non-hydrogen) atoms. The van der Waals surface area contributed by atoms with Gasteiger partial charge in [-0.15, -0.1) is 0 Å². The van der Waals surface area contributed by atoms with Crippen LogP contribution < -0.4 is 10.1 Å². The molecular formula is C16H16Cl2FNO. The molecule has 2 rings (SSSR count). The molecule has 0 saturated carbocycles. The zero-order chi connectivity index (χ0) is 15.4. The lowest BCUT2D eigenvalue weighted by Gasteiger charge is -2.15. The minimum Gasteiger partial charge on any atom is -0.455 e. The Balaban J connectivity index is 2.27. The molecule has 0 unspecified atom stereocenters. The Labute approximate surface area is 133 Å². The fourth-order valence-corrected chi connectivity index (χ4v) is 2.13. The first-order chi connectivity index (χ1) is 9.97. The molecule has 0 aromatic heterocycles. The van der Waals surface area contributed by atoms with Crippen LogP contribution >= 0.6 is 23.2 Å². The molecular weight excluding hydrogens is 312 g/mol. The fraction of sp³-hybridized carbons (Fsp3) is 0.250. The summed E-state index contributed by atoms with van der Waals surface area (Å²) in [5, 5.41) is 3.84. The van der Waals surface area contributed by atoms with Gasteiger partial charge in [-0.3, -0.25) is 0 Å². The van der Waals surface area contributed by atoms with Crippen LogP contribution in [0.4, 0.5) is 4.39 Å². The van der Waals surface area contributed by atoms with Gasteiger partial charge in [0.1, 0.15) is 17.3 Å². The van der Waals surface area contributed by atoms with Gasteiger partial charge in [-0.05, 0) is 18.2 Å². The van der Waals surface area contributed by atoms with E-state index in [0.29, 0.717) is 29.1 Å². The van der Waals surface area contributed by atoms with Crippen LogP contribution in [-0.2, 0) is 6.54 Å². The minimum atomic E-state index is -0.525. The van der Waals surface area contributed by atoms with Gasteiger partial charge in [0.2, 0.25) is 0 Å². The summed E-state index contributed by atoms with van der Waals surface area (Å²) in [4.78, 5) is 0. The van der Waals surface area contributed by atoms with E-state index in [9.17, 15) is 4.39 Å². The van der Waals surface area contributed by atoms with Crippen molar-refractivity contribution in [1.82, 2.24) is 5.32 Å². The van der Waals surface area contributed by atoms with Gasteiger partial charge in [-0.2, -0.15) is 0 Å². The van der Waals surface area contributed by atoms with Crippen LogP contribution in [0.2, 0.25) is 10.0 Å². The monoisotopic (exact) mass is 327 g/mol. The molecule has 2 nitrogen and oxygen atoms in total. The lowest BCUT2D eigenvalue weighted by Crippen LogP contribution is -2.22. The lowest BCUT2D eigenvalue weighted by molar-refractivity contribution is 0.465. The maximum Gasteiger partial charge on any atom is 0.150 e. The van der Waals surface area contributed by atoms with E-state index in [4.69, 9.17) is 27.9 Å². The number of hydrogen-bond donors (Lipinski definition) is 1. The van der Waals surface area contributed by atoms with E-state index in [1.54, 1.807) is 12.1 Å². The number of hydrogen-bond acceptors (Lipinski definition) is 2. The molecule has 1 N–H and O–H groups in total. The summed E-state index contributed by atoms with van der Waals surface area (Å²) in [6.07, 6.45) is 0. The highest BCUT2D eigenvalue weighted by Gasteiger charge is 2.11. The van der Waals surface area contributed by atoms with Crippen molar-refractivity contribution in [2.24, 2.45) is 0 Å². The van der Waals surface area contributed by atoms with Gasteiger partial charge in [-0.25, -0.2) is 4.39 Å². The SMILES string of the molecule is CC(C)NCc1cccc(Cl)c1Oc1ccc(Cl)c(F)c1. The van der Waals surface area contributed by atoms with Crippen molar-refractivity contribution in [3.05, 3.63) is 57.8 Å². The van der Waals surface area contributed by atoms with E-state index < -0.39 is 5.82 Å². The summed E-state index contributed by atoms with van der Waals surface area (Å²) in [6.45, 7) is 4.73. The zero-order valence-electron chi connectivity index (χ0n) is 11.8. The van der Waals surface area contributed by atoms with Crippen molar-refractivity contribution in [2.75, 3.05) is 0 Å². The summed E-state index contributed by atoms with van der Waals surface area (Å²) in [5.41, 5.74) is 0.909. The van der Waals surface area contributed by atoms with Crippen molar-refractivity contribution in [3.8, 4) is 11.5 Å². The maximum atomic E-state index is 13.5. The highest BCUT2D eigenvalue weighted by Crippen LogP contribution is 2.34. The number of rotatable bonds is 5. The number of benzene rings is 2. The molecule has 2 aromatic rings. The first kappa shape index (κ1) is 16.1. The van der Waals surface area contributed by atoms with Gasteiger partial charge in [0, 0.05) is 24.2 Å². The van der Waals surface area contributed by atoms with Crippen LogP contribution in [0.1, 0.15) is 19.4 Å². The molecule has 0 bridgehead atoms. The van der Waals surface area contributed by atoms with Crippen LogP contribution in [0, 0.1) is 5.82 Å². The largest absolute Gasteiger partial charge is 0.455 e. The maximum absolute atomic E-state index is 13.5. The molecule has 0 atom stereocenters. The van der Waals surface area contributed by atoms with Gasteiger partial charge >= 0.3 is 0 Å². The Morgan fingerprint density at radius 1 is 1.14 bits per heavy atom.